The second kappa shape index (κ2) is 5.75. The molecule has 0 radical (unpaired) electrons. The molecular formula is C12H13N3O3S. The highest BCUT2D eigenvalue weighted by Crippen LogP contribution is 2.27. The van der Waals surface area contributed by atoms with Crippen LogP contribution >= 0.6 is 11.8 Å². The molecule has 0 amide bonds. The maximum atomic E-state index is 12.2. The van der Waals surface area contributed by atoms with E-state index in [2.05, 4.69) is 10.2 Å². The van der Waals surface area contributed by atoms with Gasteiger partial charge in [0.2, 0.25) is 5.12 Å². The SMILES string of the molecule is COc1cc(OC)cc(C(=O)Sc2nncn2C)c1. The Hall–Kier alpha value is -2.02. The fraction of sp³-hybridized carbons (Fsp3) is 0.250. The van der Waals surface area contributed by atoms with Crippen molar-refractivity contribution in [2.75, 3.05) is 14.2 Å². The first kappa shape index (κ1) is 13.4. The summed E-state index contributed by atoms with van der Waals surface area (Å²) in [4.78, 5) is 12.2. The van der Waals surface area contributed by atoms with Crippen LogP contribution in [0.25, 0.3) is 0 Å². The van der Waals surface area contributed by atoms with E-state index in [0.29, 0.717) is 22.2 Å². The molecule has 6 nitrogen and oxygen atoms in total. The molecule has 0 unspecified atom stereocenters. The average molecular weight is 279 g/mol. The third-order valence-corrected chi connectivity index (χ3v) is 3.41. The van der Waals surface area contributed by atoms with Gasteiger partial charge in [0.1, 0.15) is 17.8 Å². The third-order valence-electron chi connectivity index (χ3n) is 2.44. The van der Waals surface area contributed by atoms with Gasteiger partial charge in [0, 0.05) is 18.7 Å². The Morgan fingerprint density at radius 2 is 1.84 bits per heavy atom. The lowest BCUT2D eigenvalue weighted by Gasteiger charge is -2.07. The second-order valence-corrected chi connectivity index (χ2v) is 4.66. The molecule has 1 aromatic carbocycles. The van der Waals surface area contributed by atoms with Crippen LogP contribution in [0.15, 0.2) is 29.7 Å². The smallest absolute Gasteiger partial charge is 0.227 e. The number of nitrogens with zero attached hydrogens (tertiary/aromatic N) is 3. The number of ether oxygens (including phenoxy) is 2. The summed E-state index contributed by atoms with van der Waals surface area (Å²) in [6.07, 6.45) is 1.54. The molecule has 0 N–H and O–H groups in total. The minimum absolute atomic E-state index is 0.145. The van der Waals surface area contributed by atoms with Crippen molar-refractivity contribution in [2.45, 2.75) is 5.16 Å². The number of thioether (sulfide) groups is 1. The van der Waals surface area contributed by atoms with Gasteiger partial charge in [-0.1, -0.05) is 0 Å². The number of hydrogen-bond acceptors (Lipinski definition) is 6. The number of rotatable bonds is 4. The van der Waals surface area contributed by atoms with Crippen molar-refractivity contribution < 1.29 is 14.3 Å². The monoisotopic (exact) mass is 279 g/mol. The van der Waals surface area contributed by atoms with E-state index in [1.165, 1.54) is 0 Å². The largest absolute Gasteiger partial charge is 0.497 e. The lowest BCUT2D eigenvalue weighted by atomic mass is 10.2. The van der Waals surface area contributed by atoms with Gasteiger partial charge in [-0.15, -0.1) is 10.2 Å². The summed E-state index contributed by atoms with van der Waals surface area (Å²) in [5.41, 5.74) is 0.490. The molecule has 0 aliphatic heterocycles. The van der Waals surface area contributed by atoms with Gasteiger partial charge in [-0.25, -0.2) is 0 Å². The van der Waals surface area contributed by atoms with Crippen LogP contribution < -0.4 is 9.47 Å². The van der Waals surface area contributed by atoms with Gasteiger partial charge in [-0.3, -0.25) is 4.79 Å². The summed E-state index contributed by atoms with van der Waals surface area (Å²) in [5.74, 6) is 1.14. The average Bonchev–Trinajstić information content (AvgIpc) is 2.83. The zero-order valence-corrected chi connectivity index (χ0v) is 11.6. The van der Waals surface area contributed by atoms with Crippen LogP contribution in [0, 0.1) is 0 Å². The lowest BCUT2D eigenvalue weighted by Crippen LogP contribution is -1.99. The summed E-state index contributed by atoms with van der Waals surface area (Å²) in [6.45, 7) is 0. The molecule has 19 heavy (non-hydrogen) atoms. The van der Waals surface area contributed by atoms with Crippen LogP contribution in [0.3, 0.4) is 0 Å². The molecule has 0 fully saturated rings. The van der Waals surface area contributed by atoms with E-state index in [-0.39, 0.29) is 5.12 Å². The Labute approximate surface area is 114 Å². The first-order valence-corrected chi connectivity index (χ1v) is 6.25. The van der Waals surface area contributed by atoms with E-state index in [1.54, 1.807) is 50.4 Å². The first-order chi connectivity index (χ1) is 9.13. The number of aromatic nitrogens is 3. The third kappa shape index (κ3) is 3.05. The predicted molar refractivity (Wildman–Crippen MR) is 70.7 cm³/mol. The molecule has 0 spiro atoms. The fourth-order valence-electron chi connectivity index (χ4n) is 1.43. The minimum atomic E-state index is -0.145. The van der Waals surface area contributed by atoms with Crippen LogP contribution in [-0.2, 0) is 7.05 Å². The highest BCUT2D eigenvalue weighted by molar-refractivity contribution is 8.14. The molecular weight excluding hydrogens is 266 g/mol. The normalized spacial score (nSPS) is 10.3. The number of carbonyl (C=O) groups is 1. The molecule has 0 aliphatic rings. The maximum absolute atomic E-state index is 12.2. The molecule has 7 heteroatoms. The van der Waals surface area contributed by atoms with Crippen molar-refractivity contribution in [3.63, 3.8) is 0 Å². The summed E-state index contributed by atoms with van der Waals surface area (Å²) in [5, 5.41) is 7.97. The first-order valence-electron chi connectivity index (χ1n) is 5.43. The van der Waals surface area contributed by atoms with Gasteiger partial charge in [0.25, 0.3) is 0 Å². The van der Waals surface area contributed by atoms with Crippen molar-refractivity contribution in [1.29, 1.82) is 0 Å². The number of hydrogen-bond donors (Lipinski definition) is 0. The van der Waals surface area contributed by atoms with Crippen LogP contribution in [0.2, 0.25) is 0 Å². The molecule has 0 atom stereocenters. The number of methoxy groups -OCH3 is 2. The number of carbonyl (C=O) groups excluding carboxylic acids is 1. The van der Waals surface area contributed by atoms with E-state index < -0.39 is 0 Å². The molecule has 1 aromatic heterocycles. The van der Waals surface area contributed by atoms with Gasteiger partial charge in [0.05, 0.1) is 14.2 Å². The highest BCUT2D eigenvalue weighted by atomic mass is 32.2. The van der Waals surface area contributed by atoms with E-state index in [1.807, 2.05) is 0 Å². The van der Waals surface area contributed by atoms with Crippen molar-refractivity contribution in [2.24, 2.45) is 7.05 Å². The van der Waals surface area contributed by atoms with Gasteiger partial charge in [-0.05, 0) is 23.9 Å². The molecule has 0 aliphatic carbocycles. The van der Waals surface area contributed by atoms with Crippen molar-refractivity contribution in [1.82, 2.24) is 14.8 Å². The number of aryl methyl sites for hydroxylation is 1. The summed E-state index contributed by atoms with van der Waals surface area (Å²) < 4.78 is 11.9. The van der Waals surface area contributed by atoms with Crippen molar-refractivity contribution in [3.05, 3.63) is 30.1 Å². The molecule has 2 rings (SSSR count). The Kier molecular flexibility index (Phi) is 4.06. The van der Waals surface area contributed by atoms with Gasteiger partial charge in [-0.2, -0.15) is 0 Å². The fourth-order valence-corrected chi connectivity index (χ4v) is 2.11. The minimum Gasteiger partial charge on any atom is -0.497 e. The van der Waals surface area contributed by atoms with Gasteiger partial charge < -0.3 is 14.0 Å². The Bertz CT molecular complexity index is 575. The summed E-state index contributed by atoms with van der Waals surface area (Å²) in [7, 11) is 4.86. The van der Waals surface area contributed by atoms with Crippen LogP contribution in [-0.4, -0.2) is 34.1 Å². The maximum Gasteiger partial charge on any atom is 0.227 e. The molecule has 0 bridgehead atoms. The Balaban J connectivity index is 2.25. The zero-order chi connectivity index (χ0) is 13.8. The van der Waals surface area contributed by atoms with E-state index in [9.17, 15) is 4.79 Å². The second-order valence-electron chi connectivity index (χ2n) is 3.72. The summed E-state index contributed by atoms with van der Waals surface area (Å²) >= 11 is 1.01. The van der Waals surface area contributed by atoms with Crippen molar-refractivity contribution in [3.8, 4) is 11.5 Å². The summed E-state index contributed by atoms with van der Waals surface area (Å²) in [6, 6.07) is 5.03. The molecule has 1 heterocycles. The van der Waals surface area contributed by atoms with Crippen LogP contribution in [0.4, 0.5) is 0 Å². The molecule has 100 valence electrons. The molecule has 0 saturated carbocycles. The predicted octanol–water partition coefficient (Wildman–Crippen LogP) is 1.76. The van der Waals surface area contributed by atoms with E-state index >= 15 is 0 Å². The standard InChI is InChI=1S/C12H13N3O3S/c1-15-7-13-14-12(15)19-11(16)8-4-9(17-2)6-10(5-8)18-3/h4-7H,1-3H3. The zero-order valence-electron chi connectivity index (χ0n) is 10.8. The molecule has 0 saturated heterocycles. The quantitative estimate of drug-likeness (QED) is 0.795. The van der Waals surface area contributed by atoms with Crippen LogP contribution in [0.1, 0.15) is 10.4 Å². The Morgan fingerprint density at radius 3 is 2.32 bits per heavy atom. The Morgan fingerprint density at radius 1 is 1.21 bits per heavy atom. The van der Waals surface area contributed by atoms with E-state index in [0.717, 1.165) is 11.8 Å². The molecule has 2 aromatic rings. The van der Waals surface area contributed by atoms with Gasteiger partial charge >= 0.3 is 0 Å². The number of benzene rings is 1. The highest BCUT2D eigenvalue weighted by Gasteiger charge is 2.14. The van der Waals surface area contributed by atoms with Crippen molar-refractivity contribution >= 4 is 16.9 Å². The lowest BCUT2D eigenvalue weighted by molar-refractivity contribution is 0.108. The van der Waals surface area contributed by atoms with Gasteiger partial charge in [0.15, 0.2) is 5.16 Å². The topological polar surface area (TPSA) is 66.2 Å². The van der Waals surface area contributed by atoms with Crippen LogP contribution in [0.5, 0.6) is 11.5 Å². The van der Waals surface area contributed by atoms with E-state index in [4.69, 9.17) is 9.47 Å².